The quantitative estimate of drug-likeness (QED) is 0.0305. The number of imide groups is 1. The number of nitrogens with two attached hydrogens (primary N) is 1. The van der Waals surface area contributed by atoms with Crippen LogP contribution in [0.25, 0.3) is 10.9 Å². The monoisotopic (exact) mass is 1270 g/mol. The summed E-state index contributed by atoms with van der Waals surface area (Å²) in [5, 5.41) is 25.7. The molecule has 2 aromatic carbocycles. The third-order valence-corrected chi connectivity index (χ3v) is 17.1. The second kappa shape index (κ2) is 29.9. The lowest BCUT2D eigenvalue weighted by atomic mass is 9.83. The summed E-state index contributed by atoms with van der Waals surface area (Å²) >= 11 is 6.88. The number of rotatable bonds is 22. The number of ether oxygens (including phenoxy) is 5. The number of methoxy groups -OCH3 is 2. The number of unbranched alkanes of at least 4 members (excludes halogenated alkanes) is 2. The van der Waals surface area contributed by atoms with Gasteiger partial charge in [-0.25, -0.2) is 14.4 Å². The Morgan fingerprint density at radius 3 is 2.39 bits per heavy atom. The summed E-state index contributed by atoms with van der Waals surface area (Å²) < 4.78 is 29.7. The van der Waals surface area contributed by atoms with Gasteiger partial charge in [-0.1, -0.05) is 68.7 Å². The molecule has 2 saturated heterocycles. The van der Waals surface area contributed by atoms with Gasteiger partial charge >= 0.3 is 18.1 Å². The van der Waals surface area contributed by atoms with Gasteiger partial charge in [-0.15, -0.1) is 0 Å². The molecule has 0 unspecified atom stereocenters. The molecule has 4 aliphatic heterocycles. The number of amides is 10. The van der Waals surface area contributed by atoms with Crippen molar-refractivity contribution < 1.29 is 76.7 Å². The van der Waals surface area contributed by atoms with E-state index in [2.05, 4.69) is 31.6 Å². The van der Waals surface area contributed by atoms with Crippen molar-refractivity contribution in [1.29, 1.82) is 0 Å². The van der Waals surface area contributed by atoms with Gasteiger partial charge in [0, 0.05) is 82.4 Å². The number of epoxide rings is 1. The third kappa shape index (κ3) is 16.5. The highest BCUT2D eigenvalue weighted by atomic mass is 35.5. The molecule has 8 N–H and O–H groups in total. The lowest BCUT2D eigenvalue weighted by Gasteiger charge is -2.42. The molecule has 2 fully saturated rings. The van der Waals surface area contributed by atoms with Gasteiger partial charge in [0.05, 0.1) is 36.5 Å². The van der Waals surface area contributed by atoms with Crippen LogP contribution in [0, 0.1) is 11.8 Å². The second-order valence-electron chi connectivity index (χ2n) is 23.6. The van der Waals surface area contributed by atoms with Crippen LogP contribution < -0.4 is 42.0 Å². The fraction of sp³-hybridized carbons (Fsp3) is 0.508. The average molecular weight is 1270 g/mol. The van der Waals surface area contributed by atoms with Crippen LogP contribution in [0.1, 0.15) is 109 Å². The highest BCUT2D eigenvalue weighted by molar-refractivity contribution is 6.35. The number of pyridine rings is 1. The Morgan fingerprint density at radius 2 is 1.71 bits per heavy atom. The minimum atomic E-state index is -1.93. The summed E-state index contributed by atoms with van der Waals surface area (Å²) in [6, 6.07) is 5.16. The van der Waals surface area contributed by atoms with Crippen molar-refractivity contribution in [3.8, 4) is 5.75 Å². The summed E-state index contributed by atoms with van der Waals surface area (Å²) in [6.07, 6.45) is 5.44. The zero-order valence-corrected chi connectivity index (χ0v) is 53.0. The number of esters is 1. The molecule has 0 spiro atoms. The van der Waals surface area contributed by atoms with E-state index < -0.39 is 120 Å². The molecule has 4 bridgehead atoms. The van der Waals surface area contributed by atoms with Crippen molar-refractivity contribution in [2.75, 3.05) is 51.6 Å². The zero-order chi connectivity index (χ0) is 65.9. The highest BCUT2D eigenvalue weighted by Crippen LogP contribution is 2.49. The average Bonchev–Trinajstić information content (AvgIpc) is 1.56. The first-order valence-corrected chi connectivity index (χ1v) is 30.2. The normalized spacial score (nSPS) is 24.5. The Morgan fingerprint density at radius 1 is 0.989 bits per heavy atom. The number of aliphatic hydroxyl groups is 1. The third-order valence-electron chi connectivity index (χ3n) is 16.8. The molecule has 10 amide bonds. The van der Waals surface area contributed by atoms with Crippen LogP contribution in [0.3, 0.4) is 0 Å². The SMILES string of the molecule is COc1cc2cc(c1Cl)N(C)C(=O)C[C@H](OC(=O)[C@H](C)N(C)C(=O)c1ccc(NC(=O)[C@H](CCCNC(N)=O)NC(=O)[C@@H](NC(=O)CCCCCN3C(=O)C=CC3=O)C(C)C)c3ncccc13)[C@]1(C)O[C@H]1[C@H](C)[C@@H]1C[C@@](O)(NC(=O)O1)[C@H](OC)/C=C/C=C(\C)C2. The molecule has 0 aliphatic carbocycles. The predicted octanol–water partition coefficient (Wildman–Crippen LogP) is 4.87. The molecule has 0 radical (unpaired) electrons. The van der Waals surface area contributed by atoms with E-state index in [-0.39, 0.29) is 77.8 Å². The van der Waals surface area contributed by atoms with Crippen LogP contribution in [-0.4, -0.2) is 175 Å². The molecule has 1 aromatic heterocycles. The molecule has 7 rings (SSSR count). The van der Waals surface area contributed by atoms with E-state index in [1.165, 1.54) is 70.6 Å². The van der Waals surface area contributed by atoms with Gasteiger partial charge in [-0.3, -0.25) is 48.8 Å². The lowest BCUT2D eigenvalue weighted by molar-refractivity contribution is -0.158. The van der Waals surface area contributed by atoms with Gasteiger partial charge in [0.25, 0.3) is 17.7 Å². The first-order valence-electron chi connectivity index (χ1n) is 29.8. The van der Waals surface area contributed by atoms with E-state index in [1.54, 1.807) is 64.1 Å². The van der Waals surface area contributed by atoms with Crippen molar-refractivity contribution in [2.45, 2.75) is 153 Å². The van der Waals surface area contributed by atoms with Crippen molar-refractivity contribution in [1.82, 2.24) is 36.1 Å². The number of benzene rings is 2. The standard InChI is InChI=1S/C63H81ClN10O16/c1-34(2)53(70-48(75)21-12-11-13-28-74-49(76)24-25-50(74)77)57(80)69-42(19-16-27-67-60(65)83)56(79)68-41-23-22-40(39-18-15-26-66-54(39)41)58(81)72(7)37(5)59(82)89-47-32-51(78)73(8)43-30-38(31-44(86-9)52(43)64)29-35(3)17-14-20-46(87-10)63(85)33-45(88-61(84)71-63)36(4)55-62(47,6)90-55/h14-15,17-18,20,22-26,30-31,34,36-37,42,45-47,53,55,85H,11-13,16,19,21,27-29,32-33H2,1-10H3,(H,68,79)(H,69,80)(H,70,75)(H,71,84)(H3,65,67,83)/b20-14+,35-17+/t36-,37+,42+,45+,46-,47+,53+,55+,62+,63+/m1/s1. The van der Waals surface area contributed by atoms with E-state index in [0.29, 0.717) is 37.1 Å². The number of primary amides is 1. The van der Waals surface area contributed by atoms with Gasteiger partial charge < -0.3 is 65.6 Å². The smallest absolute Gasteiger partial charge is 0.409 e. The van der Waals surface area contributed by atoms with E-state index in [1.807, 2.05) is 13.0 Å². The second-order valence-corrected chi connectivity index (χ2v) is 24.0. The van der Waals surface area contributed by atoms with Crippen LogP contribution in [-0.2, 0) is 58.9 Å². The number of urea groups is 1. The molecular formula is C63H81ClN10O16. The minimum absolute atomic E-state index is 0.00596. The number of alkyl carbamates (subject to hydrolysis) is 1. The number of carbonyl (C=O) groups excluding carboxylic acids is 10. The van der Waals surface area contributed by atoms with E-state index in [9.17, 15) is 53.1 Å². The fourth-order valence-corrected chi connectivity index (χ4v) is 11.6. The van der Waals surface area contributed by atoms with Gasteiger partial charge in [0.1, 0.15) is 52.8 Å². The largest absolute Gasteiger partial charge is 0.495 e. The van der Waals surface area contributed by atoms with Gasteiger partial charge in [0.15, 0.2) is 5.72 Å². The molecule has 90 heavy (non-hydrogen) atoms. The number of fused-ring (bicyclic) bond motifs is 6. The summed E-state index contributed by atoms with van der Waals surface area (Å²) in [7, 11) is 5.76. The molecule has 5 heterocycles. The summed E-state index contributed by atoms with van der Waals surface area (Å²) in [4.78, 5) is 142. The van der Waals surface area contributed by atoms with Gasteiger partial charge in [-0.2, -0.15) is 0 Å². The van der Waals surface area contributed by atoms with Crippen LogP contribution in [0.5, 0.6) is 5.75 Å². The van der Waals surface area contributed by atoms with Crippen molar-refractivity contribution in [3.05, 3.63) is 94.7 Å². The number of allylic oxidation sites excluding steroid dienone is 3. The Bertz CT molecular complexity index is 3340. The fourth-order valence-electron chi connectivity index (χ4n) is 11.3. The van der Waals surface area contributed by atoms with E-state index in [0.717, 1.165) is 20.9 Å². The molecule has 0 saturated carbocycles. The van der Waals surface area contributed by atoms with Crippen LogP contribution in [0.4, 0.5) is 21.0 Å². The summed E-state index contributed by atoms with van der Waals surface area (Å²) in [6.45, 7) is 10.5. The zero-order valence-electron chi connectivity index (χ0n) is 52.2. The molecular weight excluding hydrogens is 1190 g/mol. The van der Waals surface area contributed by atoms with Crippen molar-refractivity contribution in [2.24, 2.45) is 17.6 Å². The van der Waals surface area contributed by atoms with Crippen LogP contribution in [0.15, 0.2) is 78.5 Å². The predicted molar refractivity (Wildman–Crippen MR) is 330 cm³/mol. The Kier molecular flexibility index (Phi) is 22.9. The number of aromatic nitrogens is 1. The van der Waals surface area contributed by atoms with Gasteiger partial charge in [-0.05, 0) is 94.7 Å². The van der Waals surface area contributed by atoms with Gasteiger partial charge in [0.2, 0.25) is 23.6 Å². The molecule has 486 valence electrons. The van der Waals surface area contributed by atoms with Crippen LogP contribution in [0.2, 0.25) is 5.02 Å². The van der Waals surface area contributed by atoms with Crippen molar-refractivity contribution >= 4 is 93.3 Å². The number of halogens is 1. The molecule has 4 aliphatic rings. The topological polar surface area (TPSA) is 349 Å². The summed E-state index contributed by atoms with van der Waals surface area (Å²) in [5.41, 5.74) is 4.26. The maximum atomic E-state index is 14.7. The molecule has 3 aromatic rings. The number of hydrogen-bond donors (Lipinski definition) is 7. The molecule has 27 heteroatoms. The maximum absolute atomic E-state index is 14.7. The van der Waals surface area contributed by atoms with Crippen molar-refractivity contribution in [3.63, 3.8) is 0 Å². The lowest BCUT2D eigenvalue weighted by Crippen LogP contribution is -2.63. The highest BCUT2D eigenvalue weighted by Gasteiger charge is 2.64. The van der Waals surface area contributed by atoms with E-state index in [4.69, 9.17) is 41.0 Å². The number of likely N-dealkylation sites (N-methyl/N-ethyl adjacent to an activating group) is 1. The number of nitrogens with one attached hydrogen (secondary N) is 5. The number of nitrogens with zero attached hydrogens (tertiary/aromatic N) is 4. The Hall–Kier alpha value is -8.46. The molecule has 10 atom stereocenters. The number of hydrogen-bond acceptors (Lipinski definition) is 17. The molecule has 26 nitrogen and oxygen atoms in total. The Labute approximate surface area is 526 Å². The van der Waals surface area contributed by atoms with Crippen LogP contribution >= 0.6 is 11.6 Å². The number of carbonyl (C=O) groups is 10. The first kappa shape index (κ1) is 69.0. The Balaban J connectivity index is 1.09. The maximum Gasteiger partial charge on any atom is 0.409 e. The first-order chi connectivity index (χ1) is 42.6. The summed E-state index contributed by atoms with van der Waals surface area (Å²) in [5.74, 6) is -5.45. The number of anilines is 2. The minimum Gasteiger partial charge on any atom is -0.495 e. The van der Waals surface area contributed by atoms with E-state index >= 15 is 0 Å².